The Labute approximate surface area is 127 Å². The molecule has 0 atom stereocenters. The fourth-order valence-electron chi connectivity index (χ4n) is 2.06. The molecule has 4 heteroatoms. The van der Waals surface area contributed by atoms with E-state index in [0.29, 0.717) is 18.4 Å². The standard InChI is InChI=1S/C17H24N3O/c1-13(2)15-8-16(14(3)4)10-17(9-15)21-7-5-6-20-12-18-11-19-20/h9-14H,5-7H2,1-4H3. The van der Waals surface area contributed by atoms with E-state index in [1.807, 2.05) is 4.68 Å². The molecule has 0 fully saturated rings. The molecule has 0 aliphatic rings. The molecule has 0 amide bonds. The van der Waals surface area contributed by atoms with Gasteiger partial charge in [0.05, 0.1) is 6.61 Å². The highest BCUT2D eigenvalue weighted by molar-refractivity contribution is 5.36. The molecule has 0 saturated carbocycles. The molecule has 1 radical (unpaired) electrons. The lowest BCUT2D eigenvalue weighted by molar-refractivity contribution is 0.298. The fraction of sp³-hybridized carbons (Fsp3) is 0.529. The first kappa shape index (κ1) is 15.5. The van der Waals surface area contributed by atoms with Crippen LogP contribution in [0.3, 0.4) is 0 Å². The van der Waals surface area contributed by atoms with Gasteiger partial charge in [-0.3, -0.25) is 4.68 Å². The van der Waals surface area contributed by atoms with Crippen LogP contribution in [0.4, 0.5) is 0 Å². The zero-order valence-corrected chi connectivity index (χ0v) is 13.3. The van der Waals surface area contributed by atoms with Crippen LogP contribution < -0.4 is 4.74 Å². The Morgan fingerprint density at radius 2 is 1.81 bits per heavy atom. The highest BCUT2D eigenvalue weighted by Crippen LogP contribution is 2.26. The van der Waals surface area contributed by atoms with Crippen molar-refractivity contribution < 1.29 is 4.74 Å². The largest absolute Gasteiger partial charge is 0.494 e. The Morgan fingerprint density at radius 3 is 2.33 bits per heavy atom. The van der Waals surface area contributed by atoms with E-state index in [1.54, 1.807) is 12.7 Å². The van der Waals surface area contributed by atoms with E-state index in [4.69, 9.17) is 4.74 Å². The number of rotatable bonds is 7. The van der Waals surface area contributed by atoms with Gasteiger partial charge in [-0.2, -0.15) is 5.10 Å². The second-order valence-corrected chi connectivity index (χ2v) is 5.90. The van der Waals surface area contributed by atoms with E-state index in [-0.39, 0.29) is 0 Å². The van der Waals surface area contributed by atoms with Crippen molar-refractivity contribution in [2.45, 2.75) is 52.5 Å². The van der Waals surface area contributed by atoms with Crippen LogP contribution in [0.2, 0.25) is 0 Å². The summed E-state index contributed by atoms with van der Waals surface area (Å²) in [5, 5.41) is 4.08. The van der Waals surface area contributed by atoms with Gasteiger partial charge in [-0.25, -0.2) is 4.98 Å². The molecule has 0 spiro atoms. The molecule has 2 aromatic rings. The number of hydrogen-bond acceptors (Lipinski definition) is 3. The summed E-state index contributed by atoms with van der Waals surface area (Å²) in [7, 11) is 0. The van der Waals surface area contributed by atoms with Crippen molar-refractivity contribution in [2.75, 3.05) is 6.61 Å². The van der Waals surface area contributed by atoms with Crippen molar-refractivity contribution in [2.24, 2.45) is 0 Å². The molecule has 0 saturated heterocycles. The maximum absolute atomic E-state index is 5.90. The van der Waals surface area contributed by atoms with Gasteiger partial charge in [0.1, 0.15) is 18.4 Å². The summed E-state index contributed by atoms with van der Waals surface area (Å²) in [6, 6.07) is 7.70. The van der Waals surface area contributed by atoms with Gasteiger partial charge >= 0.3 is 0 Å². The first-order valence-electron chi connectivity index (χ1n) is 7.58. The monoisotopic (exact) mass is 286 g/mol. The maximum Gasteiger partial charge on any atom is 0.137 e. The summed E-state index contributed by atoms with van der Waals surface area (Å²) in [6.07, 6.45) is 4.19. The number of aromatic nitrogens is 3. The van der Waals surface area contributed by atoms with Crippen molar-refractivity contribution >= 4 is 0 Å². The number of hydrogen-bond donors (Lipinski definition) is 0. The van der Waals surface area contributed by atoms with E-state index in [2.05, 4.69) is 56.0 Å². The lowest BCUT2D eigenvalue weighted by Crippen LogP contribution is -2.05. The maximum atomic E-state index is 5.90. The fourth-order valence-corrected chi connectivity index (χ4v) is 2.06. The minimum absolute atomic E-state index is 0.459. The second kappa shape index (κ2) is 7.25. The van der Waals surface area contributed by atoms with Gasteiger partial charge in [0.25, 0.3) is 0 Å². The summed E-state index contributed by atoms with van der Waals surface area (Å²) < 4.78 is 7.73. The smallest absolute Gasteiger partial charge is 0.137 e. The van der Waals surface area contributed by atoms with Crippen LogP contribution in [0.25, 0.3) is 0 Å². The van der Waals surface area contributed by atoms with Gasteiger partial charge < -0.3 is 4.74 Å². The van der Waals surface area contributed by atoms with Gasteiger partial charge in [0.15, 0.2) is 0 Å². The quantitative estimate of drug-likeness (QED) is 0.727. The van der Waals surface area contributed by atoms with Crippen LogP contribution in [-0.2, 0) is 6.54 Å². The molecule has 1 aromatic carbocycles. The van der Waals surface area contributed by atoms with Crippen molar-refractivity contribution in [3.8, 4) is 5.75 Å². The van der Waals surface area contributed by atoms with Gasteiger partial charge in [-0.15, -0.1) is 0 Å². The highest BCUT2D eigenvalue weighted by atomic mass is 16.5. The number of ether oxygens (including phenoxy) is 1. The van der Waals surface area contributed by atoms with Crippen LogP contribution in [0.5, 0.6) is 5.75 Å². The molecule has 0 aliphatic carbocycles. The Balaban J connectivity index is 1.95. The third kappa shape index (κ3) is 4.59. The molecular weight excluding hydrogens is 262 g/mol. The predicted molar refractivity (Wildman–Crippen MR) is 83.6 cm³/mol. The normalized spacial score (nSPS) is 11.3. The third-order valence-corrected chi connectivity index (χ3v) is 3.40. The van der Waals surface area contributed by atoms with E-state index in [0.717, 1.165) is 18.7 Å². The van der Waals surface area contributed by atoms with Crippen LogP contribution in [-0.4, -0.2) is 21.4 Å². The van der Waals surface area contributed by atoms with Crippen LogP contribution in [0, 0.1) is 6.07 Å². The minimum atomic E-state index is 0.459. The second-order valence-electron chi connectivity index (χ2n) is 5.90. The summed E-state index contributed by atoms with van der Waals surface area (Å²) in [6.45, 7) is 10.2. The average Bonchev–Trinajstić information content (AvgIpc) is 2.96. The van der Waals surface area contributed by atoms with Gasteiger partial charge in [-0.1, -0.05) is 27.7 Å². The summed E-state index contributed by atoms with van der Waals surface area (Å²) >= 11 is 0. The molecule has 0 N–H and O–H groups in total. The molecule has 1 heterocycles. The SMILES string of the molecule is CC(C)c1[c]c(C(C)C)cc(OCCCn2cncn2)c1. The first-order chi connectivity index (χ1) is 10.1. The van der Waals surface area contributed by atoms with Crippen molar-refractivity contribution in [1.82, 2.24) is 14.8 Å². The molecular formula is C17H24N3O. The molecule has 113 valence electrons. The summed E-state index contributed by atoms with van der Waals surface area (Å²) in [5.74, 6) is 1.86. The minimum Gasteiger partial charge on any atom is -0.494 e. The Kier molecular flexibility index (Phi) is 5.37. The van der Waals surface area contributed by atoms with Gasteiger partial charge in [0.2, 0.25) is 0 Å². The number of aryl methyl sites for hydroxylation is 1. The molecule has 0 aliphatic heterocycles. The van der Waals surface area contributed by atoms with Crippen molar-refractivity contribution in [3.05, 3.63) is 42.0 Å². The molecule has 0 unspecified atom stereocenters. The van der Waals surface area contributed by atoms with Crippen molar-refractivity contribution in [3.63, 3.8) is 0 Å². The third-order valence-electron chi connectivity index (χ3n) is 3.40. The van der Waals surface area contributed by atoms with Crippen molar-refractivity contribution in [1.29, 1.82) is 0 Å². The van der Waals surface area contributed by atoms with E-state index >= 15 is 0 Å². The summed E-state index contributed by atoms with van der Waals surface area (Å²) in [5.41, 5.74) is 2.43. The van der Waals surface area contributed by atoms with Crippen LogP contribution >= 0.6 is 0 Å². The van der Waals surface area contributed by atoms with E-state index in [9.17, 15) is 0 Å². The van der Waals surface area contributed by atoms with Crippen LogP contribution in [0.1, 0.15) is 57.1 Å². The van der Waals surface area contributed by atoms with Gasteiger partial charge in [-0.05, 0) is 41.2 Å². The molecule has 4 nitrogen and oxygen atoms in total. The Morgan fingerprint density at radius 1 is 1.14 bits per heavy atom. The van der Waals surface area contributed by atoms with E-state index in [1.165, 1.54) is 11.1 Å². The van der Waals surface area contributed by atoms with E-state index < -0.39 is 0 Å². The first-order valence-corrected chi connectivity index (χ1v) is 7.58. The molecule has 2 rings (SSSR count). The predicted octanol–water partition coefficient (Wildman–Crippen LogP) is 3.79. The Bertz CT molecular complexity index is 521. The molecule has 21 heavy (non-hydrogen) atoms. The van der Waals surface area contributed by atoms with Gasteiger partial charge in [0, 0.05) is 13.0 Å². The summed E-state index contributed by atoms with van der Waals surface area (Å²) in [4.78, 5) is 3.93. The molecule has 1 aromatic heterocycles. The zero-order chi connectivity index (χ0) is 15.2. The number of benzene rings is 1. The lowest BCUT2D eigenvalue weighted by atomic mass is 9.95. The number of nitrogens with zero attached hydrogens (tertiary/aromatic N) is 3. The highest BCUT2D eigenvalue weighted by Gasteiger charge is 2.08. The molecule has 0 bridgehead atoms. The average molecular weight is 286 g/mol. The Hall–Kier alpha value is -1.84. The zero-order valence-electron chi connectivity index (χ0n) is 13.3. The lowest BCUT2D eigenvalue weighted by Gasteiger charge is -2.14. The van der Waals surface area contributed by atoms with Crippen LogP contribution in [0.15, 0.2) is 24.8 Å². The topological polar surface area (TPSA) is 39.9 Å².